The second-order valence-electron chi connectivity index (χ2n) is 19.2. The summed E-state index contributed by atoms with van der Waals surface area (Å²) < 4.78 is 0. The van der Waals surface area contributed by atoms with E-state index in [9.17, 15) is 38.4 Å². The van der Waals surface area contributed by atoms with Crippen molar-refractivity contribution in [1.29, 1.82) is 0 Å². The van der Waals surface area contributed by atoms with Crippen LogP contribution in [0.1, 0.15) is 130 Å². The van der Waals surface area contributed by atoms with Gasteiger partial charge in [-0.15, -0.1) is 0 Å². The number of hydrogen-bond acceptors (Lipinski definition) is 10. The zero-order valence-corrected chi connectivity index (χ0v) is 89.5. The van der Waals surface area contributed by atoms with Gasteiger partial charge in [0.2, 0.25) is 23.6 Å². The molecule has 14 rings (SSSR count). The summed E-state index contributed by atoms with van der Waals surface area (Å²) in [4.78, 5) is 93.2. The average molecular weight is 2860 g/mol. The molecule has 6 atom stereocenters. The Balaban J connectivity index is -0.000000529. The minimum atomic E-state index is -0.516. The molecule has 0 spiro atoms. The Morgan fingerprint density at radius 3 is 0.843 bits per heavy atom. The predicted molar refractivity (Wildman–Crippen MR) is 522 cm³/mol. The number of carbonyl (C=O) groups is 8. The topological polar surface area (TPSA) is 223 Å². The van der Waals surface area contributed by atoms with Crippen LogP contribution < -0.4 is 32.3 Å². The van der Waals surface area contributed by atoms with E-state index in [-0.39, 0.29) is 68.9 Å². The normalized spacial score (nSPS) is 19.7. The molecule has 8 amide bonds. The molecule has 6 aromatic rings. The number of alkyl halides is 2. The Morgan fingerprint density at radius 1 is 0.402 bits per heavy atom. The molecule has 14 nitrogen and oxygen atoms in total. The zero-order chi connectivity index (χ0) is 79.0. The summed E-state index contributed by atoms with van der Waals surface area (Å²) in [5.41, 5.74) is 11.6. The van der Waals surface area contributed by atoms with Crippen LogP contribution >= 0.6 is 242 Å². The molecule has 6 unspecified atom stereocenters. The number of nitrogen functional groups attached to an aromatic ring is 1. The summed E-state index contributed by atoms with van der Waals surface area (Å²) in [7, 11) is 0.628. The smallest absolute Gasteiger partial charge is 0.0122 e. The van der Waals surface area contributed by atoms with E-state index < -0.39 is 10.8 Å². The maximum Gasteiger partial charge on any atom is 0.0122 e. The quantitative estimate of drug-likeness (QED) is 0.0415. The van der Waals surface area contributed by atoms with Crippen LogP contribution in [0.25, 0.3) is 11.1 Å². The van der Waals surface area contributed by atoms with Gasteiger partial charge in [-0.3, -0.25) is 59.6 Å². The standard InChI is InChI=1S/2C11H9NO2.C11H13N.2C10H7NO2.C6H7N.6C2H6.2CH3I.I2.8HI.3V/c2*13-9-8-6-11(8,10(14)12-9)7-4-2-1-3-5-7;1-2-4-9(5-3-1)11-6-10(11)7-12-8-11;2*12-9-6-8(10(13)11-9)7-4-2-1-3-5-7;7-6-4-2-1-3-5-6;9*1-2;;;;;;;;;;;/h2*1-5,8H,6H2,(H,12,13,14);1-5,10,12H,6-8H2;2*1-6H,(H,11,12,13);1-5H,7H2;6*1-2H3;2*1H3;;8*1H;;;/q;;;;;;;;;;;;;;;;;;;;;;;+2;2*+3/p-8. The van der Waals surface area contributed by atoms with Crippen LogP contribution in [0.2, 0.25) is 0 Å². The van der Waals surface area contributed by atoms with E-state index in [0.29, 0.717) is 38.9 Å². The number of piperidine rings is 3. The largest absolute Gasteiger partial charge is 0.316 e. The molecule has 6 aromatic carbocycles. The van der Waals surface area contributed by atoms with Crippen molar-refractivity contribution in [3.05, 3.63) is 222 Å². The van der Waals surface area contributed by atoms with Gasteiger partial charge in [0.25, 0.3) is 23.6 Å². The minimum Gasteiger partial charge on any atom is -0.316 e. The van der Waals surface area contributed by atoms with Crippen molar-refractivity contribution in [2.75, 3.05) is 28.7 Å². The second-order valence-corrected chi connectivity index (χ2v) is 102. The first-order chi connectivity index (χ1) is 49.2. The number of amides is 8. The van der Waals surface area contributed by atoms with Crippen molar-refractivity contribution in [3.8, 4) is 0 Å². The number of rotatable bonds is 5. The maximum absolute atomic E-state index is 11.6. The van der Waals surface area contributed by atoms with Crippen molar-refractivity contribution < 1.29 is 57.7 Å². The summed E-state index contributed by atoms with van der Waals surface area (Å²) in [6, 6.07) is 57.7. The minimum absolute atomic E-state index is 0.112. The Bertz CT molecular complexity index is 3180. The summed E-state index contributed by atoms with van der Waals surface area (Å²) in [6.45, 7) is 26.4. The molecule has 563 valence electrons. The van der Waals surface area contributed by atoms with Crippen LogP contribution in [0.3, 0.4) is 0 Å². The fraction of sp³-hybridized carbons (Fsp3) is 0.342. The predicted octanol–water partition coefficient (Wildman–Crippen LogP) is 22.6. The van der Waals surface area contributed by atoms with Gasteiger partial charge < -0.3 is 11.1 Å². The van der Waals surface area contributed by atoms with Gasteiger partial charge in [-0.25, -0.2) is 0 Å². The summed E-state index contributed by atoms with van der Waals surface area (Å²) >= 11 is 28.1. The molecule has 29 heteroatoms. The van der Waals surface area contributed by atoms with Crippen LogP contribution in [-0.4, -0.2) is 70.2 Å². The van der Waals surface area contributed by atoms with Crippen LogP contribution in [0, 0.1) is 17.8 Å². The van der Waals surface area contributed by atoms with E-state index in [1.54, 1.807) is 29.8 Å². The number of anilines is 1. The molecule has 0 bridgehead atoms. The van der Waals surface area contributed by atoms with Gasteiger partial charge in [0.15, 0.2) is 0 Å². The maximum atomic E-state index is 11.6. The van der Waals surface area contributed by atoms with Crippen LogP contribution in [-0.2, 0) is 73.9 Å². The molecule has 3 saturated carbocycles. The van der Waals surface area contributed by atoms with Crippen molar-refractivity contribution in [3.63, 3.8) is 0 Å². The third-order valence-electron chi connectivity index (χ3n) is 14.3. The van der Waals surface area contributed by atoms with Crippen LogP contribution in [0.4, 0.5) is 5.69 Å². The summed E-state index contributed by atoms with van der Waals surface area (Å²) in [5, 5.41) is 12.6. The van der Waals surface area contributed by atoms with Crippen molar-refractivity contribution >= 4 is 306 Å². The van der Waals surface area contributed by atoms with E-state index in [1.807, 2.05) is 220 Å². The van der Waals surface area contributed by atoms with Gasteiger partial charge in [0, 0.05) is 67.0 Å². The zero-order valence-electron chi connectivity index (χ0n) is 59.5. The number of carbonyl (C=O) groups excluding carboxylic acids is 8. The third-order valence-corrected chi connectivity index (χ3v) is 14.3. The van der Waals surface area contributed by atoms with Crippen molar-refractivity contribution in [2.24, 2.45) is 17.8 Å². The molecule has 7 N–H and O–H groups in total. The first-order valence-corrected chi connectivity index (χ1v) is 78.9. The molecule has 102 heavy (non-hydrogen) atoms. The van der Waals surface area contributed by atoms with Crippen molar-refractivity contribution in [1.82, 2.24) is 26.6 Å². The van der Waals surface area contributed by atoms with E-state index in [4.69, 9.17) is 5.73 Å². The first kappa shape index (κ1) is 110. The molecular formula is C73H94I12N6O8V3. The van der Waals surface area contributed by atoms with Gasteiger partial charge in [-0.1, -0.05) is 298 Å². The molecule has 6 fully saturated rings. The fourth-order valence-corrected chi connectivity index (χ4v) is 10.2. The Morgan fingerprint density at radius 2 is 0.657 bits per heavy atom. The van der Waals surface area contributed by atoms with E-state index in [1.165, 1.54) is 31.7 Å². The summed E-state index contributed by atoms with van der Waals surface area (Å²) in [5.74, 6) is -1.11. The molecule has 0 aromatic heterocycles. The first-order valence-electron chi connectivity index (χ1n) is 32.2. The third kappa shape index (κ3) is 39.4. The number of imide groups is 4. The van der Waals surface area contributed by atoms with E-state index >= 15 is 0 Å². The second kappa shape index (κ2) is 67.2. The number of nitrogens with two attached hydrogens (primary N) is 1. The number of hydrogen-bond donors (Lipinski definition) is 6. The molecule has 5 aliphatic heterocycles. The van der Waals surface area contributed by atoms with Gasteiger partial charge in [0.05, 0.1) is 33.8 Å². The summed E-state index contributed by atoms with van der Waals surface area (Å²) in [6.07, 6.45) is 5.41. The molecule has 3 saturated heterocycles. The van der Waals surface area contributed by atoms with Crippen LogP contribution in [0.15, 0.2) is 194 Å². The Hall–Kier alpha value is 1.63. The van der Waals surface area contributed by atoms with Crippen LogP contribution in [0.5, 0.6) is 0 Å². The Labute approximate surface area is 763 Å². The number of halogens is 12. The SMILES string of the molecule is CC.CC.CC.CC.CC.CC.CI.CI.II.Nc1ccccc1.O=C1C=C(c2ccccc2)C(=O)N1.O=C1C=C(c2ccccc2)C(=O)N1.O=C1NC(=O)C2(c3ccccc3)CC12.O=C1NC(=O)C2(c3ccccc3)CC12.[I][V]([I])[I].[I][V]([I])[I].[I][V][I].c1ccc(C23CNCC2C3)cc1. The van der Waals surface area contributed by atoms with E-state index in [2.05, 4.69) is 299 Å². The molecule has 8 aliphatic rings. The molecule has 0 radical (unpaired) electrons. The number of nitrogens with one attached hydrogen (secondary N) is 5. The number of fused-ring (bicyclic) bond motifs is 3. The van der Waals surface area contributed by atoms with Gasteiger partial charge in [0.1, 0.15) is 0 Å². The Kier molecular flexibility index (Phi) is 72.4. The monoisotopic (exact) mass is 2860 g/mol. The molecule has 3 aliphatic carbocycles. The average Bonchev–Trinajstić information content (AvgIpc) is 1.54. The number of benzene rings is 6. The molecule has 5 heterocycles. The molecular weight excluding hydrogens is 2760 g/mol. The van der Waals surface area contributed by atoms with Crippen molar-refractivity contribution in [2.45, 2.75) is 119 Å². The fourth-order valence-electron chi connectivity index (χ4n) is 10.2. The van der Waals surface area contributed by atoms with Gasteiger partial charge in [-0.2, -0.15) is 0 Å². The number of para-hydroxylation sites is 1. The van der Waals surface area contributed by atoms with E-state index in [0.717, 1.165) is 33.9 Å². The van der Waals surface area contributed by atoms with Gasteiger partial charge in [-0.05, 0) is 81.5 Å². The van der Waals surface area contributed by atoms with Gasteiger partial charge >= 0.3 is 179 Å².